The van der Waals surface area contributed by atoms with E-state index in [9.17, 15) is 9.59 Å². The van der Waals surface area contributed by atoms with Gasteiger partial charge in [0.15, 0.2) is 0 Å². The van der Waals surface area contributed by atoms with Crippen molar-refractivity contribution in [1.29, 1.82) is 0 Å². The largest absolute Gasteiger partial charge is 0.368 e. The highest BCUT2D eigenvalue weighted by Crippen LogP contribution is 2.01. The average Bonchev–Trinajstić information content (AvgIpc) is 2.01. The molecule has 0 heterocycles. The molecule has 13 heavy (non-hydrogen) atoms. The zero-order valence-corrected chi connectivity index (χ0v) is 8.26. The smallest absolute Gasteiger partial charge is 0.242 e. The van der Waals surface area contributed by atoms with Crippen LogP contribution in [0.15, 0.2) is 0 Å². The van der Waals surface area contributed by atoms with Gasteiger partial charge in [0.2, 0.25) is 11.8 Å². The van der Waals surface area contributed by atoms with Gasteiger partial charge in [-0.2, -0.15) is 0 Å². The molecule has 5 N–H and O–H groups in total. The van der Waals surface area contributed by atoms with Crippen LogP contribution < -0.4 is 16.8 Å². The van der Waals surface area contributed by atoms with Gasteiger partial charge in [0, 0.05) is 0 Å². The van der Waals surface area contributed by atoms with Crippen LogP contribution in [0.25, 0.3) is 0 Å². The van der Waals surface area contributed by atoms with Crippen LogP contribution in [0, 0.1) is 0 Å². The molecule has 1 unspecified atom stereocenters. The van der Waals surface area contributed by atoms with Crippen molar-refractivity contribution >= 4 is 11.8 Å². The van der Waals surface area contributed by atoms with Crippen molar-refractivity contribution in [2.75, 3.05) is 0 Å². The summed E-state index contributed by atoms with van der Waals surface area (Å²) in [4.78, 5) is 22.1. The molecule has 0 radical (unpaired) electrons. The van der Waals surface area contributed by atoms with Gasteiger partial charge >= 0.3 is 0 Å². The number of hydrogen-bond donors (Lipinski definition) is 3. The van der Waals surface area contributed by atoms with E-state index in [0.717, 1.165) is 0 Å². The third-order valence-electron chi connectivity index (χ3n) is 1.83. The summed E-state index contributed by atoms with van der Waals surface area (Å²) in [5.41, 5.74) is 9.49. The van der Waals surface area contributed by atoms with Crippen LogP contribution in [0.2, 0.25) is 0 Å². The zero-order chi connectivity index (χ0) is 10.6. The Morgan fingerprint density at radius 1 is 1.46 bits per heavy atom. The number of rotatable bonds is 4. The van der Waals surface area contributed by atoms with Gasteiger partial charge in [0.25, 0.3) is 0 Å². The molecule has 5 nitrogen and oxygen atoms in total. The molecule has 0 aromatic rings. The Balaban J connectivity index is 4.28. The average molecular weight is 187 g/mol. The van der Waals surface area contributed by atoms with Gasteiger partial charge in [-0.05, 0) is 20.3 Å². The minimum Gasteiger partial charge on any atom is -0.368 e. The predicted molar refractivity (Wildman–Crippen MR) is 49.7 cm³/mol. The Bertz CT molecular complexity index is 213. The van der Waals surface area contributed by atoms with Gasteiger partial charge in [-0.25, -0.2) is 0 Å². The Morgan fingerprint density at radius 2 is 1.92 bits per heavy atom. The Morgan fingerprint density at radius 3 is 2.23 bits per heavy atom. The van der Waals surface area contributed by atoms with Gasteiger partial charge in [0.05, 0.1) is 6.04 Å². The number of carbonyl (C=O) groups is 2. The van der Waals surface area contributed by atoms with Gasteiger partial charge < -0.3 is 16.8 Å². The lowest BCUT2D eigenvalue weighted by molar-refractivity contribution is -0.131. The first-order chi connectivity index (χ1) is 5.81. The number of amides is 2. The number of hydrogen-bond acceptors (Lipinski definition) is 3. The van der Waals surface area contributed by atoms with Gasteiger partial charge in [-0.15, -0.1) is 0 Å². The molecule has 0 spiro atoms. The lowest BCUT2D eigenvalue weighted by Crippen LogP contribution is -2.56. The standard InChI is InChI=1S/C8H17N3O2/c1-4-5(9)6(12)11-8(2,3)7(10)13/h5H,4,9H2,1-3H3,(H2,10,13)(H,11,12). The molecule has 0 aliphatic carbocycles. The fraction of sp³-hybridized carbons (Fsp3) is 0.750. The highest BCUT2D eigenvalue weighted by Gasteiger charge is 2.28. The van der Waals surface area contributed by atoms with E-state index in [1.165, 1.54) is 13.8 Å². The van der Waals surface area contributed by atoms with E-state index in [-0.39, 0.29) is 5.91 Å². The number of primary amides is 1. The summed E-state index contributed by atoms with van der Waals surface area (Å²) in [5.74, 6) is -0.935. The minimum absolute atomic E-state index is 0.355. The van der Waals surface area contributed by atoms with Crippen molar-refractivity contribution in [3.8, 4) is 0 Å². The molecule has 76 valence electrons. The summed E-state index contributed by atoms with van der Waals surface area (Å²) in [6, 6.07) is -0.585. The highest BCUT2D eigenvalue weighted by atomic mass is 16.2. The molecule has 0 aromatic carbocycles. The van der Waals surface area contributed by atoms with Gasteiger partial charge in [-0.3, -0.25) is 9.59 Å². The Hall–Kier alpha value is -1.10. The maximum atomic E-state index is 11.3. The third kappa shape index (κ3) is 3.42. The quantitative estimate of drug-likeness (QED) is 0.532. The number of nitrogens with one attached hydrogen (secondary N) is 1. The van der Waals surface area contributed by atoms with E-state index < -0.39 is 17.5 Å². The first-order valence-corrected chi connectivity index (χ1v) is 4.18. The molecular weight excluding hydrogens is 170 g/mol. The predicted octanol–water partition coefficient (Wildman–Crippen LogP) is -0.896. The number of nitrogens with two attached hydrogens (primary N) is 2. The Kier molecular flexibility index (Phi) is 3.87. The topological polar surface area (TPSA) is 98.2 Å². The molecule has 0 aliphatic heterocycles. The van der Waals surface area contributed by atoms with Crippen LogP contribution >= 0.6 is 0 Å². The van der Waals surface area contributed by atoms with Crippen molar-refractivity contribution in [2.24, 2.45) is 11.5 Å². The van der Waals surface area contributed by atoms with Gasteiger partial charge in [-0.1, -0.05) is 6.92 Å². The van der Waals surface area contributed by atoms with Crippen LogP contribution in [-0.2, 0) is 9.59 Å². The molecule has 0 saturated carbocycles. The van der Waals surface area contributed by atoms with E-state index in [2.05, 4.69) is 5.32 Å². The molecule has 0 fully saturated rings. The van der Waals surface area contributed by atoms with Crippen molar-refractivity contribution in [1.82, 2.24) is 5.32 Å². The second-order valence-electron chi connectivity index (χ2n) is 3.49. The first kappa shape index (κ1) is 11.9. The summed E-state index contributed by atoms with van der Waals surface area (Å²) >= 11 is 0. The van der Waals surface area contributed by atoms with Crippen molar-refractivity contribution in [3.05, 3.63) is 0 Å². The fourth-order valence-corrected chi connectivity index (χ4v) is 0.648. The lowest BCUT2D eigenvalue weighted by Gasteiger charge is -2.23. The molecule has 0 rings (SSSR count). The number of carbonyl (C=O) groups excluding carboxylic acids is 2. The van der Waals surface area contributed by atoms with Gasteiger partial charge in [0.1, 0.15) is 5.54 Å². The summed E-state index contributed by atoms with van der Waals surface area (Å²) in [7, 11) is 0. The van der Waals surface area contributed by atoms with Crippen molar-refractivity contribution in [3.63, 3.8) is 0 Å². The molecule has 0 bridgehead atoms. The van der Waals surface area contributed by atoms with Crippen LogP contribution in [-0.4, -0.2) is 23.4 Å². The zero-order valence-electron chi connectivity index (χ0n) is 8.26. The molecule has 1 atom stereocenters. The molecule has 0 aliphatic rings. The van der Waals surface area contributed by atoms with E-state index in [0.29, 0.717) is 6.42 Å². The van der Waals surface area contributed by atoms with E-state index in [1.54, 1.807) is 6.92 Å². The fourth-order valence-electron chi connectivity index (χ4n) is 0.648. The van der Waals surface area contributed by atoms with Crippen LogP contribution in [0.5, 0.6) is 0 Å². The summed E-state index contributed by atoms with van der Waals surface area (Å²) in [6.07, 6.45) is 0.528. The summed E-state index contributed by atoms with van der Waals surface area (Å²) < 4.78 is 0. The second-order valence-corrected chi connectivity index (χ2v) is 3.49. The SMILES string of the molecule is CCC(N)C(=O)NC(C)(C)C(N)=O. The van der Waals surface area contributed by atoms with Crippen LogP contribution in [0.4, 0.5) is 0 Å². The van der Waals surface area contributed by atoms with Crippen LogP contribution in [0.3, 0.4) is 0 Å². The lowest BCUT2D eigenvalue weighted by atomic mass is 10.0. The third-order valence-corrected chi connectivity index (χ3v) is 1.83. The maximum absolute atomic E-state index is 11.3. The second kappa shape index (κ2) is 4.23. The normalized spacial score (nSPS) is 13.5. The van der Waals surface area contributed by atoms with Crippen LogP contribution in [0.1, 0.15) is 27.2 Å². The summed E-state index contributed by atoms with van der Waals surface area (Å²) in [6.45, 7) is 4.87. The van der Waals surface area contributed by atoms with E-state index in [1.807, 2.05) is 0 Å². The Labute approximate surface area is 77.8 Å². The highest BCUT2D eigenvalue weighted by molar-refractivity contribution is 5.91. The molecule has 0 aromatic heterocycles. The molecule has 5 heteroatoms. The van der Waals surface area contributed by atoms with E-state index >= 15 is 0 Å². The molecular formula is C8H17N3O2. The maximum Gasteiger partial charge on any atom is 0.242 e. The molecule has 2 amide bonds. The van der Waals surface area contributed by atoms with Crippen molar-refractivity contribution in [2.45, 2.75) is 38.8 Å². The first-order valence-electron chi connectivity index (χ1n) is 4.18. The minimum atomic E-state index is -1.04. The monoisotopic (exact) mass is 187 g/mol. The van der Waals surface area contributed by atoms with E-state index in [4.69, 9.17) is 11.5 Å². The van der Waals surface area contributed by atoms with Crippen molar-refractivity contribution < 1.29 is 9.59 Å². The summed E-state index contributed by atoms with van der Waals surface area (Å²) in [5, 5.41) is 2.47. The molecule has 0 saturated heterocycles.